The fourth-order valence-corrected chi connectivity index (χ4v) is 3.05. The first-order chi connectivity index (χ1) is 12.3. The highest BCUT2D eigenvalue weighted by atomic mass is 16.1. The molecule has 0 atom stereocenters. The maximum atomic E-state index is 12.0. The number of carbonyl (C=O) groups excluding carboxylic acids is 1. The topological polar surface area (TPSA) is 56.7 Å². The number of aliphatic imine (C=N–C) groups is 1. The zero-order valence-electron chi connectivity index (χ0n) is 14.5. The third-order valence-electron chi connectivity index (χ3n) is 4.37. The molecule has 3 rings (SSSR count). The number of hydrogen-bond acceptors (Lipinski definition) is 2. The molecule has 0 aliphatic carbocycles. The van der Waals surface area contributed by atoms with Crippen LogP contribution >= 0.6 is 0 Å². The van der Waals surface area contributed by atoms with Gasteiger partial charge in [-0.3, -0.25) is 9.79 Å². The van der Waals surface area contributed by atoms with Gasteiger partial charge < -0.3 is 15.5 Å². The van der Waals surface area contributed by atoms with Gasteiger partial charge in [-0.2, -0.15) is 0 Å². The molecule has 130 valence electrons. The number of amides is 1. The lowest BCUT2D eigenvalue weighted by atomic mass is 10.0. The summed E-state index contributed by atoms with van der Waals surface area (Å²) in [5.41, 5.74) is 3.46. The first-order valence-corrected chi connectivity index (χ1v) is 8.63. The lowest BCUT2D eigenvalue weighted by molar-refractivity contribution is 0.0954. The molecule has 2 N–H and O–H groups in total. The van der Waals surface area contributed by atoms with Gasteiger partial charge >= 0.3 is 0 Å². The molecule has 0 saturated heterocycles. The second-order valence-electron chi connectivity index (χ2n) is 6.04. The van der Waals surface area contributed by atoms with Crippen molar-refractivity contribution in [3.8, 4) is 0 Å². The highest BCUT2D eigenvalue weighted by Crippen LogP contribution is 2.18. The molecule has 0 radical (unpaired) electrons. The Morgan fingerprint density at radius 1 is 1.00 bits per heavy atom. The lowest BCUT2D eigenvalue weighted by Crippen LogP contribution is -2.46. The van der Waals surface area contributed by atoms with Crippen LogP contribution in [-0.2, 0) is 13.0 Å². The van der Waals surface area contributed by atoms with E-state index in [1.807, 2.05) is 30.3 Å². The summed E-state index contributed by atoms with van der Waals surface area (Å²) < 4.78 is 0. The van der Waals surface area contributed by atoms with Crippen LogP contribution in [0.2, 0.25) is 0 Å². The molecule has 25 heavy (non-hydrogen) atoms. The number of guanidine groups is 1. The van der Waals surface area contributed by atoms with Gasteiger partial charge in [-0.15, -0.1) is 0 Å². The highest BCUT2D eigenvalue weighted by molar-refractivity contribution is 5.94. The van der Waals surface area contributed by atoms with E-state index in [4.69, 9.17) is 0 Å². The Balaban J connectivity index is 1.47. The normalized spacial score (nSPS) is 14.0. The van der Waals surface area contributed by atoms with Gasteiger partial charge in [-0.1, -0.05) is 42.5 Å². The van der Waals surface area contributed by atoms with Crippen LogP contribution in [0.4, 0.5) is 0 Å². The summed E-state index contributed by atoms with van der Waals surface area (Å²) >= 11 is 0. The van der Waals surface area contributed by atoms with Crippen LogP contribution in [0.1, 0.15) is 21.5 Å². The molecule has 1 aliphatic rings. The molecule has 0 bridgehead atoms. The molecule has 5 nitrogen and oxygen atoms in total. The van der Waals surface area contributed by atoms with Gasteiger partial charge in [0.2, 0.25) is 0 Å². The third-order valence-corrected chi connectivity index (χ3v) is 4.37. The second-order valence-corrected chi connectivity index (χ2v) is 6.04. The molecule has 0 aromatic heterocycles. The number of hydrogen-bond donors (Lipinski definition) is 2. The van der Waals surface area contributed by atoms with E-state index in [-0.39, 0.29) is 5.91 Å². The Kier molecular flexibility index (Phi) is 5.67. The lowest BCUT2D eigenvalue weighted by Gasteiger charge is -2.31. The summed E-state index contributed by atoms with van der Waals surface area (Å²) in [7, 11) is 1.80. The van der Waals surface area contributed by atoms with Gasteiger partial charge in [0.15, 0.2) is 5.96 Å². The van der Waals surface area contributed by atoms with Gasteiger partial charge in [0.05, 0.1) is 0 Å². The highest BCUT2D eigenvalue weighted by Gasteiger charge is 2.18. The Morgan fingerprint density at radius 3 is 2.44 bits per heavy atom. The minimum atomic E-state index is -0.0516. The van der Waals surface area contributed by atoms with Gasteiger partial charge in [0, 0.05) is 38.8 Å². The van der Waals surface area contributed by atoms with Crippen LogP contribution in [-0.4, -0.2) is 43.4 Å². The van der Waals surface area contributed by atoms with E-state index in [0.29, 0.717) is 18.7 Å². The van der Waals surface area contributed by atoms with E-state index < -0.39 is 0 Å². The molecule has 0 saturated carbocycles. The minimum Gasteiger partial charge on any atom is -0.354 e. The fourth-order valence-electron chi connectivity index (χ4n) is 3.05. The van der Waals surface area contributed by atoms with E-state index in [9.17, 15) is 4.79 Å². The Hall–Kier alpha value is -2.82. The smallest absolute Gasteiger partial charge is 0.251 e. The van der Waals surface area contributed by atoms with E-state index in [2.05, 4.69) is 44.8 Å². The SMILES string of the molecule is CN=C(NCCNC(=O)c1ccccc1)N1CCc2ccccc2C1. The minimum absolute atomic E-state index is 0.0516. The van der Waals surface area contributed by atoms with Crippen LogP contribution in [0.25, 0.3) is 0 Å². The van der Waals surface area contributed by atoms with Crippen LogP contribution in [0.3, 0.4) is 0 Å². The molecule has 0 unspecified atom stereocenters. The zero-order valence-corrected chi connectivity index (χ0v) is 14.5. The molecule has 1 heterocycles. The van der Waals surface area contributed by atoms with Crippen molar-refractivity contribution in [3.05, 3.63) is 71.3 Å². The summed E-state index contributed by atoms with van der Waals surface area (Å²) in [6.07, 6.45) is 1.03. The molecule has 0 fully saturated rings. The van der Waals surface area contributed by atoms with Crippen molar-refractivity contribution in [2.75, 3.05) is 26.7 Å². The molecular formula is C20H24N4O. The van der Waals surface area contributed by atoms with E-state index in [0.717, 1.165) is 25.5 Å². The Morgan fingerprint density at radius 2 is 1.68 bits per heavy atom. The van der Waals surface area contributed by atoms with Crippen LogP contribution in [0.15, 0.2) is 59.6 Å². The molecule has 1 aliphatic heterocycles. The Bertz CT molecular complexity index is 742. The molecular weight excluding hydrogens is 312 g/mol. The van der Waals surface area contributed by atoms with Crippen molar-refractivity contribution >= 4 is 11.9 Å². The summed E-state index contributed by atoms with van der Waals surface area (Å²) in [4.78, 5) is 18.6. The first kappa shape index (κ1) is 17.0. The van der Waals surface area contributed by atoms with Crippen LogP contribution in [0.5, 0.6) is 0 Å². The number of fused-ring (bicyclic) bond motifs is 1. The summed E-state index contributed by atoms with van der Waals surface area (Å²) in [5, 5.41) is 6.26. The molecule has 5 heteroatoms. The molecule has 0 spiro atoms. The fraction of sp³-hybridized carbons (Fsp3) is 0.300. The van der Waals surface area contributed by atoms with E-state index >= 15 is 0 Å². The van der Waals surface area contributed by atoms with Gasteiger partial charge in [-0.05, 0) is 29.7 Å². The van der Waals surface area contributed by atoms with Crippen LogP contribution in [0, 0.1) is 0 Å². The van der Waals surface area contributed by atoms with Crippen molar-refractivity contribution in [1.82, 2.24) is 15.5 Å². The standard InChI is InChI=1S/C20H24N4O/c1-21-20(24-14-11-16-7-5-6-10-18(16)15-24)23-13-12-22-19(25)17-8-3-2-4-9-17/h2-10H,11-15H2,1H3,(H,21,23)(H,22,25). The number of benzene rings is 2. The number of nitrogens with zero attached hydrogens (tertiary/aromatic N) is 2. The summed E-state index contributed by atoms with van der Waals surface area (Å²) in [6, 6.07) is 17.8. The maximum absolute atomic E-state index is 12.0. The molecule has 2 aromatic carbocycles. The predicted molar refractivity (Wildman–Crippen MR) is 101 cm³/mol. The average molecular weight is 336 g/mol. The number of nitrogens with one attached hydrogen (secondary N) is 2. The first-order valence-electron chi connectivity index (χ1n) is 8.63. The van der Waals surface area contributed by atoms with E-state index in [1.54, 1.807) is 7.05 Å². The zero-order chi connectivity index (χ0) is 17.5. The third kappa shape index (κ3) is 4.38. The van der Waals surface area contributed by atoms with Crippen molar-refractivity contribution in [2.45, 2.75) is 13.0 Å². The van der Waals surface area contributed by atoms with Crippen molar-refractivity contribution in [3.63, 3.8) is 0 Å². The second kappa shape index (κ2) is 8.33. The average Bonchev–Trinajstić information content (AvgIpc) is 2.68. The molecule has 2 aromatic rings. The number of carbonyl (C=O) groups is 1. The summed E-state index contributed by atoms with van der Waals surface area (Å²) in [6.45, 7) is 3.01. The van der Waals surface area contributed by atoms with Crippen LogP contribution < -0.4 is 10.6 Å². The van der Waals surface area contributed by atoms with Crippen molar-refractivity contribution in [1.29, 1.82) is 0 Å². The van der Waals surface area contributed by atoms with Gasteiger partial charge in [-0.25, -0.2) is 0 Å². The van der Waals surface area contributed by atoms with Crippen molar-refractivity contribution in [2.24, 2.45) is 4.99 Å². The Labute approximate surface area is 148 Å². The van der Waals surface area contributed by atoms with Gasteiger partial charge in [0.1, 0.15) is 0 Å². The monoisotopic (exact) mass is 336 g/mol. The summed E-state index contributed by atoms with van der Waals surface area (Å²) in [5.74, 6) is 0.827. The quantitative estimate of drug-likeness (QED) is 0.510. The van der Waals surface area contributed by atoms with Crippen molar-refractivity contribution < 1.29 is 4.79 Å². The van der Waals surface area contributed by atoms with Gasteiger partial charge in [0.25, 0.3) is 5.91 Å². The van der Waals surface area contributed by atoms with E-state index in [1.165, 1.54) is 11.1 Å². The number of rotatable bonds is 4. The predicted octanol–water partition coefficient (Wildman–Crippen LogP) is 2.05. The molecule has 1 amide bonds. The largest absolute Gasteiger partial charge is 0.354 e. The maximum Gasteiger partial charge on any atom is 0.251 e.